The second-order valence-electron chi connectivity index (χ2n) is 4.32. The molecule has 0 unspecified atom stereocenters. The molecule has 0 atom stereocenters. The van der Waals surface area contributed by atoms with Crippen molar-refractivity contribution >= 4 is 12.2 Å². The van der Waals surface area contributed by atoms with Crippen LogP contribution in [-0.2, 0) is 4.79 Å². The average molecular weight is 279 g/mol. The lowest BCUT2D eigenvalue weighted by Crippen LogP contribution is -1.98. The highest BCUT2D eigenvalue weighted by molar-refractivity contribution is 5.68. The molecule has 1 amide bonds. The van der Waals surface area contributed by atoms with Crippen LogP contribution in [0.1, 0.15) is 0 Å². The number of hydrogen-bond donors (Lipinski definition) is 1. The van der Waals surface area contributed by atoms with E-state index >= 15 is 0 Å². The molecule has 2 aromatic carbocycles. The second kappa shape index (κ2) is 5.92. The summed E-state index contributed by atoms with van der Waals surface area (Å²) >= 11 is 0. The molecule has 0 bridgehead atoms. The van der Waals surface area contributed by atoms with Crippen LogP contribution < -0.4 is 10.1 Å². The number of nitrogens with one attached hydrogen (secondary N) is 1. The molecular weight excluding hydrogens is 266 g/mol. The van der Waals surface area contributed by atoms with Crippen LogP contribution in [0.3, 0.4) is 0 Å². The normalized spacial score (nSPS) is 10.1. The third-order valence-corrected chi connectivity index (χ3v) is 2.88. The summed E-state index contributed by atoms with van der Waals surface area (Å²) in [6.07, 6.45) is 2.38. The number of rotatable bonds is 5. The number of nitrogens with zero attached hydrogens (tertiary/aromatic N) is 2. The maximum absolute atomic E-state index is 10.4. The Bertz CT molecular complexity index is 721. The fourth-order valence-corrected chi connectivity index (χ4v) is 1.90. The molecule has 0 aliphatic rings. The highest BCUT2D eigenvalue weighted by atomic mass is 16.5. The van der Waals surface area contributed by atoms with Crippen LogP contribution in [0, 0.1) is 0 Å². The molecule has 3 rings (SSSR count). The standard InChI is InChI=1S/C16H13N3O2/c20-12-17-16-10-11-19(18-16)13-6-8-15(9-7-13)21-14-4-2-1-3-5-14/h1-12H,(H,17,18,20). The summed E-state index contributed by atoms with van der Waals surface area (Å²) in [6.45, 7) is 0. The van der Waals surface area contributed by atoms with Crippen molar-refractivity contribution < 1.29 is 9.53 Å². The van der Waals surface area contributed by atoms with E-state index in [2.05, 4.69) is 10.4 Å². The van der Waals surface area contributed by atoms with Crippen LogP contribution in [-0.4, -0.2) is 16.2 Å². The number of carbonyl (C=O) groups excluding carboxylic acids is 1. The van der Waals surface area contributed by atoms with Crippen LogP contribution in [0.4, 0.5) is 5.82 Å². The van der Waals surface area contributed by atoms with Gasteiger partial charge in [0.2, 0.25) is 6.41 Å². The Balaban J connectivity index is 1.75. The quantitative estimate of drug-likeness (QED) is 0.729. The summed E-state index contributed by atoms with van der Waals surface area (Å²) in [5.74, 6) is 2.06. The van der Waals surface area contributed by atoms with E-state index in [9.17, 15) is 4.79 Å². The van der Waals surface area contributed by atoms with Crippen molar-refractivity contribution in [3.63, 3.8) is 0 Å². The van der Waals surface area contributed by atoms with Crippen LogP contribution in [0.25, 0.3) is 5.69 Å². The number of carbonyl (C=O) groups is 1. The Labute approximate surface area is 121 Å². The van der Waals surface area contributed by atoms with Gasteiger partial charge in [0.15, 0.2) is 5.82 Å². The Morgan fingerprint density at radius 3 is 2.38 bits per heavy atom. The largest absolute Gasteiger partial charge is 0.457 e. The summed E-state index contributed by atoms with van der Waals surface area (Å²) in [4.78, 5) is 10.4. The molecule has 0 fully saturated rings. The summed E-state index contributed by atoms with van der Waals surface area (Å²) in [5, 5.41) is 6.72. The summed E-state index contributed by atoms with van der Waals surface area (Å²) in [6, 6.07) is 18.9. The number of aromatic nitrogens is 2. The van der Waals surface area contributed by atoms with Crippen molar-refractivity contribution in [1.29, 1.82) is 0 Å². The molecule has 3 aromatic rings. The van der Waals surface area contributed by atoms with Gasteiger partial charge in [-0.15, -0.1) is 0 Å². The SMILES string of the molecule is O=CNc1ccn(-c2ccc(Oc3ccccc3)cc2)n1. The lowest BCUT2D eigenvalue weighted by molar-refractivity contribution is -0.105. The van der Waals surface area contributed by atoms with Gasteiger partial charge in [0.25, 0.3) is 0 Å². The monoisotopic (exact) mass is 279 g/mol. The number of benzene rings is 2. The van der Waals surface area contributed by atoms with Gasteiger partial charge in [0.1, 0.15) is 11.5 Å². The third kappa shape index (κ3) is 3.09. The fourth-order valence-electron chi connectivity index (χ4n) is 1.90. The number of ether oxygens (including phenoxy) is 1. The number of hydrogen-bond acceptors (Lipinski definition) is 3. The molecule has 5 heteroatoms. The van der Waals surface area contributed by atoms with Gasteiger partial charge in [-0.05, 0) is 36.4 Å². The zero-order chi connectivity index (χ0) is 14.5. The molecule has 0 aliphatic carbocycles. The van der Waals surface area contributed by atoms with E-state index in [0.29, 0.717) is 12.2 Å². The van der Waals surface area contributed by atoms with Crippen LogP contribution >= 0.6 is 0 Å². The molecule has 0 aliphatic heterocycles. The maximum Gasteiger partial charge on any atom is 0.212 e. The summed E-state index contributed by atoms with van der Waals surface area (Å²) in [7, 11) is 0. The maximum atomic E-state index is 10.4. The van der Waals surface area contributed by atoms with E-state index in [1.807, 2.05) is 54.6 Å². The van der Waals surface area contributed by atoms with Crippen LogP contribution in [0.5, 0.6) is 11.5 Å². The van der Waals surface area contributed by atoms with Crippen molar-refractivity contribution in [2.24, 2.45) is 0 Å². The highest BCUT2D eigenvalue weighted by Gasteiger charge is 2.01. The minimum atomic E-state index is 0.509. The van der Waals surface area contributed by atoms with E-state index in [1.54, 1.807) is 16.9 Å². The molecule has 0 saturated heterocycles. The van der Waals surface area contributed by atoms with Crippen molar-refractivity contribution in [3.05, 3.63) is 66.9 Å². The van der Waals surface area contributed by atoms with Gasteiger partial charge in [-0.25, -0.2) is 4.68 Å². The number of para-hydroxylation sites is 1. The van der Waals surface area contributed by atoms with Crippen molar-refractivity contribution in [2.75, 3.05) is 5.32 Å². The first-order chi connectivity index (χ1) is 10.3. The molecule has 1 aromatic heterocycles. The first kappa shape index (κ1) is 12.9. The van der Waals surface area contributed by atoms with Gasteiger partial charge in [-0.1, -0.05) is 18.2 Å². The summed E-state index contributed by atoms with van der Waals surface area (Å²) < 4.78 is 7.40. The zero-order valence-electron chi connectivity index (χ0n) is 11.1. The van der Waals surface area contributed by atoms with Gasteiger partial charge in [-0.3, -0.25) is 4.79 Å². The third-order valence-electron chi connectivity index (χ3n) is 2.88. The molecule has 1 N–H and O–H groups in total. The van der Waals surface area contributed by atoms with Gasteiger partial charge >= 0.3 is 0 Å². The van der Waals surface area contributed by atoms with Crippen molar-refractivity contribution in [3.8, 4) is 17.2 Å². The van der Waals surface area contributed by atoms with E-state index in [0.717, 1.165) is 17.2 Å². The number of amides is 1. The topological polar surface area (TPSA) is 56.2 Å². The molecule has 0 spiro atoms. The van der Waals surface area contributed by atoms with Crippen molar-refractivity contribution in [2.45, 2.75) is 0 Å². The Morgan fingerprint density at radius 1 is 0.952 bits per heavy atom. The fraction of sp³-hybridized carbons (Fsp3) is 0. The first-order valence-electron chi connectivity index (χ1n) is 6.44. The predicted molar refractivity (Wildman–Crippen MR) is 79.8 cm³/mol. The average Bonchev–Trinajstić information content (AvgIpc) is 2.98. The number of anilines is 1. The Kier molecular flexibility index (Phi) is 3.64. The Hall–Kier alpha value is -3.08. The van der Waals surface area contributed by atoms with E-state index in [4.69, 9.17) is 4.74 Å². The van der Waals surface area contributed by atoms with Crippen molar-refractivity contribution in [1.82, 2.24) is 9.78 Å². The molecule has 21 heavy (non-hydrogen) atoms. The van der Waals surface area contributed by atoms with Gasteiger partial charge in [-0.2, -0.15) is 5.10 Å². The molecule has 5 nitrogen and oxygen atoms in total. The second-order valence-corrected chi connectivity index (χ2v) is 4.32. The highest BCUT2D eigenvalue weighted by Crippen LogP contribution is 2.22. The minimum absolute atomic E-state index is 0.509. The minimum Gasteiger partial charge on any atom is -0.457 e. The predicted octanol–water partition coefficient (Wildman–Crippen LogP) is 3.23. The zero-order valence-corrected chi connectivity index (χ0v) is 11.1. The van der Waals surface area contributed by atoms with Crippen LogP contribution in [0.2, 0.25) is 0 Å². The Morgan fingerprint density at radius 2 is 1.67 bits per heavy atom. The van der Waals surface area contributed by atoms with Gasteiger partial charge in [0.05, 0.1) is 5.69 Å². The molecular formula is C16H13N3O2. The smallest absolute Gasteiger partial charge is 0.212 e. The lowest BCUT2D eigenvalue weighted by Gasteiger charge is -2.06. The van der Waals surface area contributed by atoms with E-state index < -0.39 is 0 Å². The van der Waals surface area contributed by atoms with Gasteiger partial charge in [0, 0.05) is 12.3 Å². The van der Waals surface area contributed by atoms with Gasteiger partial charge < -0.3 is 10.1 Å². The van der Waals surface area contributed by atoms with Crippen LogP contribution in [0.15, 0.2) is 66.9 Å². The lowest BCUT2D eigenvalue weighted by atomic mass is 10.3. The molecule has 0 radical (unpaired) electrons. The molecule has 0 saturated carbocycles. The first-order valence-corrected chi connectivity index (χ1v) is 6.44. The molecule has 1 heterocycles. The molecule has 104 valence electrons. The van der Waals surface area contributed by atoms with E-state index in [-0.39, 0.29) is 0 Å². The summed E-state index contributed by atoms with van der Waals surface area (Å²) in [5.41, 5.74) is 0.884. The van der Waals surface area contributed by atoms with E-state index in [1.165, 1.54) is 0 Å².